The van der Waals surface area contributed by atoms with Crippen LogP contribution < -0.4 is 11.5 Å². The van der Waals surface area contributed by atoms with Gasteiger partial charge in [0.1, 0.15) is 0 Å². The zero-order chi connectivity index (χ0) is 34.5. The molecule has 43 heavy (non-hydrogen) atoms. The standard InChI is InChI=1S/C39H84N4/c1-31(2)22-34(8,9)27-42(28-36(12,13)24-38(16,17)40)21-20-33(6,7)26-43(29-35(10,11)23-32(3,4)5)30-37(14,15)25-39(18,19)41/h31H,20-30,40-41H2,1-19H3. The highest BCUT2D eigenvalue weighted by molar-refractivity contribution is 4.90. The van der Waals surface area contributed by atoms with Crippen molar-refractivity contribution in [3.63, 3.8) is 0 Å². The van der Waals surface area contributed by atoms with Crippen molar-refractivity contribution < 1.29 is 0 Å². The summed E-state index contributed by atoms with van der Waals surface area (Å²) in [6.07, 6.45) is 5.69. The molecule has 260 valence electrons. The van der Waals surface area contributed by atoms with Gasteiger partial charge in [-0.3, -0.25) is 0 Å². The van der Waals surface area contributed by atoms with Gasteiger partial charge in [-0.25, -0.2) is 0 Å². The summed E-state index contributed by atoms with van der Waals surface area (Å²) in [6, 6.07) is 0. The molecule has 0 unspecified atom stereocenters. The van der Waals surface area contributed by atoms with Crippen molar-refractivity contribution in [1.82, 2.24) is 9.80 Å². The number of hydrogen-bond acceptors (Lipinski definition) is 4. The zero-order valence-electron chi connectivity index (χ0n) is 33.4. The van der Waals surface area contributed by atoms with Crippen LogP contribution in [0.1, 0.15) is 164 Å². The molecular formula is C39H84N4. The van der Waals surface area contributed by atoms with E-state index in [1.54, 1.807) is 0 Å². The van der Waals surface area contributed by atoms with Crippen LogP contribution in [-0.2, 0) is 0 Å². The summed E-state index contributed by atoms with van der Waals surface area (Å²) >= 11 is 0. The Hall–Kier alpha value is -0.160. The first-order chi connectivity index (χ1) is 18.6. The van der Waals surface area contributed by atoms with Gasteiger partial charge in [0.25, 0.3) is 0 Å². The number of hydrogen-bond donors (Lipinski definition) is 2. The second-order valence-corrected chi connectivity index (χ2v) is 22.1. The van der Waals surface area contributed by atoms with Crippen molar-refractivity contribution in [3.8, 4) is 0 Å². The largest absolute Gasteiger partial charge is 0.326 e. The highest BCUT2D eigenvalue weighted by atomic mass is 15.2. The number of rotatable bonds is 20. The molecule has 0 bridgehead atoms. The summed E-state index contributed by atoms with van der Waals surface area (Å²) in [5.74, 6) is 0.705. The lowest BCUT2D eigenvalue weighted by molar-refractivity contribution is 0.0459. The molecule has 0 aliphatic carbocycles. The van der Waals surface area contributed by atoms with Crippen molar-refractivity contribution in [1.29, 1.82) is 0 Å². The first-order valence-corrected chi connectivity index (χ1v) is 17.6. The van der Waals surface area contributed by atoms with Crippen LogP contribution in [0.3, 0.4) is 0 Å². The van der Waals surface area contributed by atoms with Gasteiger partial charge in [0, 0.05) is 43.8 Å². The Balaban J connectivity index is 6.06. The summed E-state index contributed by atoms with van der Waals surface area (Å²) in [7, 11) is 0. The highest BCUT2D eigenvalue weighted by Gasteiger charge is 2.36. The summed E-state index contributed by atoms with van der Waals surface area (Å²) in [5.41, 5.74) is 14.1. The monoisotopic (exact) mass is 609 g/mol. The third-order valence-corrected chi connectivity index (χ3v) is 8.20. The Morgan fingerprint density at radius 3 is 1.12 bits per heavy atom. The topological polar surface area (TPSA) is 58.5 Å². The maximum atomic E-state index is 6.55. The molecule has 0 radical (unpaired) electrons. The molecule has 4 nitrogen and oxygen atoms in total. The van der Waals surface area contributed by atoms with Crippen LogP contribution in [0.2, 0.25) is 0 Å². The van der Waals surface area contributed by atoms with Crippen molar-refractivity contribution in [2.45, 2.75) is 175 Å². The van der Waals surface area contributed by atoms with Crippen molar-refractivity contribution >= 4 is 0 Å². The quantitative estimate of drug-likeness (QED) is 0.144. The lowest BCUT2D eigenvalue weighted by atomic mass is 9.74. The fraction of sp³-hybridized carbons (Fsp3) is 1.00. The summed E-state index contributed by atoms with van der Waals surface area (Å²) in [6.45, 7) is 51.7. The average Bonchev–Trinajstić information content (AvgIpc) is 2.56. The van der Waals surface area contributed by atoms with E-state index >= 15 is 0 Å². The molecule has 0 heterocycles. The fourth-order valence-corrected chi connectivity index (χ4v) is 9.19. The third kappa shape index (κ3) is 22.9. The van der Waals surface area contributed by atoms with Gasteiger partial charge in [-0.2, -0.15) is 0 Å². The van der Waals surface area contributed by atoms with E-state index in [1.807, 2.05) is 0 Å². The highest BCUT2D eigenvalue weighted by Crippen LogP contribution is 2.38. The van der Waals surface area contributed by atoms with Crippen molar-refractivity contribution in [2.24, 2.45) is 49.9 Å². The smallest absolute Gasteiger partial charge is 0.0103 e. The first-order valence-electron chi connectivity index (χ1n) is 17.6. The molecule has 0 spiro atoms. The average molecular weight is 609 g/mol. The van der Waals surface area contributed by atoms with Crippen LogP contribution in [-0.4, -0.2) is 60.1 Å². The second-order valence-electron chi connectivity index (χ2n) is 22.1. The molecule has 0 aromatic rings. The normalized spacial score (nSPS) is 15.3. The van der Waals surface area contributed by atoms with Gasteiger partial charge in [0.05, 0.1) is 0 Å². The Bertz CT molecular complexity index is 767. The molecule has 0 aromatic heterocycles. The molecule has 4 N–H and O–H groups in total. The van der Waals surface area contributed by atoms with Gasteiger partial charge in [-0.05, 0) is 105 Å². The maximum absolute atomic E-state index is 6.55. The van der Waals surface area contributed by atoms with Gasteiger partial charge in [0.2, 0.25) is 0 Å². The van der Waals surface area contributed by atoms with E-state index in [4.69, 9.17) is 11.5 Å². The molecule has 0 aliphatic heterocycles. The molecule has 0 fully saturated rings. The van der Waals surface area contributed by atoms with Crippen LogP contribution in [0, 0.1) is 38.4 Å². The van der Waals surface area contributed by atoms with Crippen LogP contribution in [0.5, 0.6) is 0 Å². The summed E-state index contributed by atoms with van der Waals surface area (Å²) < 4.78 is 0. The Labute approximate surface area is 273 Å². The lowest BCUT2D eigenvalue weighted by Crippen LogP contribution is -2.49. The van der Waals surface area contributed by atoms with Gasteiger partial charge in [-0.1, -0.05) is 104 Å². The van der Waals surface area contributed by atoms with Crippen molar-refractivity contribution in [2.75, 3.05) is 39.3 Å². The van der Waals surface area contributed by atoms with Gasteiger partial charge in [-0.15, -0.1) is 0 Å². The summed E-state index contributed by atoms with van der Waals surface area (Å²) in [4.78, 5) is 5.58. The Morgan fingerprint density at radius 2 is 0.767 bits per heavy atom. The van der Waals surface area contributed by atoms with Gasteiger partial charge in [0.15, 0.2) is 0 Å². The molecule has 0 aromatic carbocycles. The fourth-order valence-electron chi connectivity index (χ4n) is 9.19. The van der Waals surface area contributed by atoms with E-state index in [2.05, 4.69) is 141 Å². The van der Waals surface area contributed by atoms with Crippen LogP contribution in [0.25, 0.3) is 0 Å². The van der Waals surface area contributed by atoms with Gasteiger partial charge < -0.3 is 21.3 Å². The molecule has 0 saturated heterocycles. The van der Waals surface area contributed by atoms with Crippen molar-refractivity contribution in [3.05, 3.63) is 0 Å². The first kappa shape index (κ1) is 42.8. The maximum Gasteiger partial charge on any atom is 0.0103 e. The van der Waals surface area contributed by atoms with Crippen LogP contribution >= 0.6 is 0 Å². The predicted molar refractivity (Wildman–Crippen MR) is 196 cm³/mol. The number of nitrogens with two attached hydrogens (primary N) is 2. The van der Waals surface area contributed by atoms with E-state index in [-0.39, 0.29) is 38.2 Å². The van der Waals surface area contributed by atoms with E-state index in [0.717, 1.165) is 52.1 Å². The Kier molecular flexibility index (Phi) is 15.1. The Morgan fingerprint density at radius 1 is 0.442 bits per heavy atom. The minimum absolute atomic E-state index is 0.151. The van der Waals surface area contributed by atoms with Crippen LogP contribution in [0.15, 0.2) is 0 Å². The molecular weight excluding hydrogens is 524 g/mol. The molecule has 0 rings (SSSR count). The zero-order valence-corrected chi connectivity index (χ0v) is 33.4. The minimum Gasteiger partial charge on any atom is -0.326 e. The lowest BCUT2D eigenvalue weighted by Gasteiger charge is -2.45. The third-order valence-electron chi connectivity index (χ3n) is 8.20. The number of nitrogens with zero attached hydrogens (tertiary/aromatic N) is 2. The van der Waals surface area contributed by atoms with E-state index in [1.165, 1.54) is 19.3 Å². The second kappa shape index (κ2) is 15.2. The molecule has 4 heteroatoms. The molecule has 0 atom stereocenters. The summed E-state index contributed by atoms with van der Waals surface area (Å²) in [5, 5.41) is 0. The molecule has 0 saturated carbocycles. The van der Waals surface area contributed by atoms with E-state index in [0.29, 0.717) is 11.3 Å². The SMILES string of the molecule is CC(C)CC(C)(C)CN(CCC(C)(C)CN(CC(C)(C)CC(C)(C)C)CC(C)(C)CC(C)(C)N)CC(C)(C)CC(C)(C)N. The predicted octanol–water partition coefficient (Wildman–Crippen LogP) is 9.85. The van der Waals surface area contributed by atoms with E-state index < -0.39 is 0 Å². The minimum atomic E-state index is -0.167. The van der Waals surface area contributed by atoms with E-state index in [9.17, 15) is 0 Å². The van der Waals surface area contributed by atoms with Gasteiger partial charge >= 0.3 is 0 Å². The molecule has 0 aliphatic rings. The molecule has 0 amide bonds. The van der Waals surface area contributed by atoms with Crippen LogP contribution in [0.4, 0.5) is 0 Å².